The number of halogens is 1. The SMILES string of the molecule is CCCNC(=O)CN1C(=O)CS[C@@H](c2ccccc2Cl)c2c(-c3ccccc3)nn(-c3ccc(C)cc3C)c21. The first-order chi connectivity index (χ1) is 18.9. The largest absolute Gasteiger partial charge is 0.355 e. The van der Waals surface area contributed by atoms with Gasteiger partial charge in [0.25, 0.3) is 0 Å². The zero-order valence-electron chi connectivity index (χ0n) is 22.3. The maximum atomic E-state index is 13.8. The molecule has 5 rings (SSSR count). The van der Waals surface area contributed by atoms with Crippen LogP contribution >= 0.6 is 23.4 Å². The van der Waals surface area contributed by atoms with Gasteiger partial charge in [-0.15, -0.1) is 11.8 Å². The van der Waals surface area contributed by atoms with Gasteiger partial charge in [-0.25, -0.2) is 4.68 Å². The molecule has 8 heteroatoms. The molecule has 0 saturated carbocycles. The van der Waals surface area contributed by atoms with Crippen LogP contribution in [0.3, 0.4) is 0 Å². The highest BCUT2D eigenvalue weighted by Gasteiger charge is 2.38. The Hall–Kier alpha value is -3.55. The number of hydrogen-bond donors (Lipinski definition) is 1. The Morgan fingerprint density at radius 2 is 1.82 bits per heavy atom. The summed E-state index contributed by atoms with van der Waals surface area (Å²) in [6.45, 7) is 6.55. The molecule has 0 bridgehead atoms. The van der Waals surface area contributed by atoms with E-state index in [-0.39, 0.29) is 29.4 Å². The van der Waals surface area contributed by atoms with Gasteiger partial charge in [0, 0.05) is 22.7 Å². The Bertz CT molecular complexity index is 1520. The van der Waals surface area contributed by atoms with Gasteiger partial charge < -0.3 is 5.32 Å². The lowest BCUT2D eigenvalue weighted by Gasteiger charge is -2.24. The first-order valence-electron chi connectivity index (χ1n) is 13.1. The van der Waals surface area contributed by atoms with Gasteiger partial charge in [0.15, 0.2) is 0 Å². The molecule has 0 spiro atoms. The molecular weight excluding hydrogens is 528 g/mol. The molecule has 2 amide bonds. The van der Waals surface area contributed by atoms with Crippen LogP contribution in [0.25, 0.3) is 16.9 Å². The number of carbonyl (C=O) groups is 2. The lowest BCUT2D eigenvalue weighted by Crippen LogP contribution is -2.42. The summed E-state index contributed by atoms with van der Waals surface area (Å²) in [6, 6.07) is 23.9. The van der Waals surface area contributed by atoms with Gasteiger partial charge >= 0.3 is 0 Å². The monoisotopic (exact) mass is 558 g/mol. The quantitative estimate of drug-likeness (QED) is 0.281. The van der Waals surface area contributed by atoms with E-state index in [2.05, 4.69) is 11.4 Å². The highest BCUT2D eigenvalue weighted by atomic mass is 35.5. The molecule has 1 N–H and O–H groups in total. The minimum absolute atomic E-state index is 0.0908. The van der Waals surface area contributed by atoms with Crippen LogP contribution < -0.4 is 10.2 Å². The van der Waals surface area contributed by atoms with Crippen molar-refractivity contribution in [1.29, 1.82) is 0 Å². The molecule has 1 atom stereocenters. The topological polar surface area (TPSA) is 67.2 Å². The number of nitrogens with one attached hydrogen (secondary N) is 1. The van der Waals surface area contributed by atoms with E-state index in [0.29, 0.717) is 17.4 Å². The van der Waals surface area contributed by atoms with Crippen LogP contribution in [0.2, 0.25) is 5.02 Å². The van der Waals surface area contributed by atoms with E-state index < -0.39 is 0 Å². The Morgan fingerprint density at radius 3 is 2.54 bits per heavy atom. The molecule has 0 fully saturated rings. The minimum atomic E-state index is -0.268. The van der Waals surface area contributed by atoms with Crippen molar-refractivity contribution in [2.24, 2.45) is 0 Å². The van der Waals surface area contributed by atoms with Crippen molar-refractivity contribution in [3.05, 3.63) is 100 Å². The summed E-state index contributed by atoms with van der Waals surface area (Å²) >= 11 is 8.27. The highest BCUT2D eigenvalue weighted by Crippen LogP contribution is 2.50. The molecule has 200 valence electrons. The van der Waals surface area contributed by atoms with Crippen molar-refractivity contribution in [2.75, 3.05) is 23.7 Å². The third-order valence-electron chi connectivity index (χ3n) is 6.78. The molecule has 0 radical (unpaired) electrons. The van der Waals surface area contributed by atoms with Gasteiger partial charge in [0.1, 0.15) is 12.4 Å². The molecule has 3 aromatic carbocycles. The molecule has 0 aliphatic carbocycles. The fourth-order valence-electron chi connectivity index (χ4n) is 4.94. The fraction of sp³-hybridized carbons (Fsp3) is 0.258. The molecule has 4 aromatic rings. The van der Waals surface area contributed by atoms with E-state index in [1.807, 2.05) is 92.2 Å². The maximum Gasteiger partial charge on any atom is 0.240 e. The Morgan fingerprint density at radius 1 is 1.08 bits per heavy atom. The van der Waals surface area contributed by atoms with Gasteiger partial charge in [-0.2, -0.15) is 5.10 Å². The summed E-state index contributed by atoms with van der Waals surface area (Å²) in [6.07, 6.45) is 0.814. The number of hydrogen-bond acceptors (Lipinski definition) is 4. The number of benzene rings is 3. The van der Waals surface area contributed by atoms with E-state index in [0.717, 1.165) is 45.6 Å². The number of rotatable bonds is 7. The van der Waals surface area contributed by atoms with Crippen LogP contribution in [0.5, 0.6) is 0 Å². The molecule has 0 unspecified atom stereocenters. The van der Waals surface area contributed by atoms with Crippen molar-refractivity contribution in [1.82, 2.24) is 15.1 Å². The highest BCUT2D eigenvalue weighted by molar-refractivity contribution is 8.00. The van der Waals surface area contributed by atoms with Gasteiger partial charge in [0.2, 0.25) is 11.8 Å². The van der Waals surface area contributed by atoms with E-state index in [9.17, 15) is 9.59 Å². The second-order valence-electron chi connectivity index (χ2n) is 9.70. The molecular formula is C31H31ClN4O2S. The first-order valence-corrected chi connectivity index (χ1v) is 14.5. The summed E-state index contributed by atoms with van der Waals surface area (Å²) in [5.41, 5.74) is 6.48. The van der Waals surface area contributed by atoms with Crippen LogP contribution in [0.1, 0.15) is 40.8 Å². The number of aryl methyl sites for hydroxylation is 2. The zero-order chi connectivity index (χ0) is 27.5. The molecule has 1 aromatic heterocycles. The van der Waals surface area contributed by atoms with E-state index in [1.54, 1.807) is 4.90 Å². The van der Waals surface area contributed by atoms with Crippen molar-refractivity contribution in [2.45, 2.75) is 32.4 Å². The summed E-state index contributed by atoms with van der Waals surface area (Å²) < 4.78 is 1.84. The fourth-order valence-corrected chi connectivity index (χ4v) is 6.48. The number of fused-ring (bicyclic) bond motifs is 1. The summed E-state index contributed by atoms with van der Waals surface area (Å²) in [4.78, 5) is 28.4. The number of carbonyl (C=O) groups excluding carboxylic acids is 2. The predicted octanol–water partition coefficient (Wildman–Crippen LogP) is 6.50. The summed E-state index contributed by atoms with van der Waals surface area (Å²) in [5, 5.41) is 8.45. The average molecular weight is 559 g/mol. The van der Waals surface area contributed by atoms with Gasteiger partial charge in [-0.1, -0.05) is 84.8 Å². The third kappa shape index (κ3) is 5.47. The van der Waals surface area contributed by atoms with E-state index in [4.69, 9.17) is 16.7 Å². The number of amides is 2. The summed E-state index contributed by atoms with van der Waals surface area (Å²) in [7, 11) is 0. The second-order valence-corrected chi connectivity index (χ2v) is 11.2. The van der Waals surface area contributed by atoms with Crippen LogP contribution in [0.15, 0.2) is 72.8 Å². The average Bonchev–Trinajstić information content (AvgIpc) is 3.25. The van der Waals surface area contributed by atoms with Crippen LogP contribution in [-0.4, -0.2) is 40.4 Å². The smallest absolute Gasteiger partial charge is 0.240 e. The normalized spacial score (nSPS) is 15.1. The Labute approximate surface area is 238 Å². The first kappa shape index (κ1) is 27.0. The van der Waals surface area contributed by atoms with Crippen LogP contribution in [-0.2, 0) is 9.59 Å². The van der Waals surface area contributed by atoms with Gasteiger partial charge in [-0.05, 0) is 43.5 Å². The Balaban J connectivity index is 1.82. The predicted molar refractivity (Wildman–Crippen MR) is 160 cm³/mol. The zero-order valence-corrected chi connectivity index (χ0v) is 23.9. The molecule has 39 heavy (non-hydrogen) atoms. The minimum Gasteiger partial charge on any atom is -0.355 e. The number of anilines is 1. The molecule has 6 nitrogen and oxygen atoms in total. The van der Waals surface area contributed by atoms with Crippen molar-refractivity contribution in [3.8, 4) is 16.9 Å². The van der Waals surface area contributed by atoms with E-state index >= 15 is 0 Å². The molecule has 1 aliphatic heterocycles. The van der Waals surface area contributed by atoms with Gasteiger partial charge in [0.05, 0.1) is 22.4 Å². The van der Waals surface area contributed by atoms with Crippen LogP contribution in [0.4, 0.5) is 5.82 Å². The van der Waals surface area contributed by atoms with Crippen molar-refractivity contribution >= 4 is 41.0 Å². The second kappa shape index (κ2) is 11.7. The van der Waals surface area contributed by atoms with E-state index in [1.165, 1.54) is 11.8 Å². The van der Waals surface area contributed by atoms with Gasteiger partial charge in [-0.3, -0.25) is 14.5 Å². The molecule has 2 heterocycles. The molecule has 0 saturated heterocycles. The van der Waals surface area contributed by atoms with Crippen molar-refractivity contribution in [3.63, 3.8) is 0 Å². The molecule has 1 aliphatic rings. The third-order valence-corrected chi connectivity index (χ3v) is 8.36. The van der Waals surface area contributed by atoms with Crippen molar-refractivity contribution < 1.29 is 9.59 Å². The maximum absolute atomic E-state index is 13.8. The lowest BCUT2D eigenvalue weighted by molar-refractivity contribution is -0.122. The summed E-state index contributed by atoms with van der Waals surface area (Å²) in [5.74, 6) is 0.458. The number of nitrogens with zero attached hydrogens (tertiary/aromatic N) is 3. The Kier molecular flexibility index (Phi) is 8.10. The van der Waals surface area contributed by atoms with Crippen LogP contribution in [0, 0.1) is 13.8 Å². The number of aromatic nitrogens is 2. The standard InChI is InChI=1S/C31H31ClN4O2S/c1-4-16-33-26(37)18-35-27(38)19-39-30(23-12-8-9-13-24(23)32)28-29(22-10-6-5-7-11-22)34-36(31(28)35)25-15-14-20(2)17-21(25)3/h5-15,17,30H,4,16,18-19H2,1-3H3,(H,33,37)/t30-/m0/s1. The lowest BCUT2D eigenvalue weighted by atomic mass is 9.99. The number of thioether (sulfide) groups is 1.